The van der Waals surface area contributed by atoms with Gasteiger partial charge in [0, 0.05) is 17.8 Å². The number of nitro groups is 1. The summed E-state index contributed by atoms with van der Waals surface area (Å²) in [5, 5.41) is 23.4. The molecular weight excluding hydrogens is 236 g/mol. The Labute approximate surface area is 105 Å². The molecule has 0 heterocycles. The predicted octanol–water partition coefficient (Wildman–Crippen LogP) is 1.45. The van der Waals surface area contributed by atoms with Gasteiger partial charge in [0.25, 0.3) is 5.69 Å². The van der Waals surface area contributed by atoms with Crippen molar-refractivity contribution in [3.63, 3.8) is 0 Å². The molecule has 1 aromatic rings. The summed E-state index contributed by atoms with van der Waals surface area (Å²) in [6, 6.07) is 4.36. The maximum Gasteiger partial charge on any atom is 0.273 e. The summed E-state index contributed by atoms with van der Waals surface area (Å²) in [7, 11) is 0. The molecule has 100 valence electrons. The quantitative estimate of drug-likeness (QED) is 0.359. The van der Waals surface area contributed by atoms with E-state index in [0.717, 1.165) is 0 Å². The minimum absolute atomic E-state index is 0.0747. The van der Waals surface area contributed by atoms with Crippen LogP contribution in [-0.2, 0) is 0 Å². The number of non-ortho nitro benzene ring substituents is 1. The number of aliphatic hydroxyl groups excluding tert-OH is 1. The van der Waals surface area contributed by atoms with E-state index in [1.54, 1.807) is 26.8 Å². The molecule has 0 aromatic heterocycles. The Kier molecular flexibility index (Phi) is 4.10. The molecule has 0 spiro atoms. The van der Waals surface area contributed by atoms with Crippen LogP contribution in [0.5, 0.6) is 0 Å². The number of benzene rings is 1. The van der Waals surface area contributed by atoms with E-state index < -0.39 is 16.6 Å². The van der Waals surface area contributed by atoms with Gasteiger partial charge in [-0.05, 0) is 26.8 Å². The molecule has 5 N–H and O–H groups in total. The molecule has 1 atom stereocenters. The smallest absolute Gasteiger partial charge is 0.273 e. The molecule has 1 aromatic carbocycles. The fraction of sp³-hybridized carbons (Fsp3) is 0.455. The van der Waals surface area contributed by atoms with Gasteiger partial charge in [-0.1, -0.05) is 0 Å². The molecule has 0 radical (unpaired) electrons. The van der Waals surface area contributed by atoms with Gasteiger partial charge in [-0.3, -0.25) is 16.0 Å². The van der Waals surface area contributed by atoms with Crippen LogP contribution in [0.2, 0.25) is 0 Å². The largest absolute Gasteiger partial charge is 0.391 e. The molecule has 0 saturated heterocycles. The Morgan fingerprint density at radius 3 is 2.39 bits per heavy atom. The summed E-state index contributed by atoms with van der Waals surface area (Å²) >= 11 is 0. The number of aliphatic hydroxyl groups is 1. The molecule has 0 fully saturated rings. The van der Waals surface area contributed by atoms with Gasteiger partial charge in [0.1, 0.15) is 0 Å². The zero-order valence-corrected chi connectivity index (χ0v) is 10.6. The summed E-state index contributed by atoms with van der Waals surface area (Å²) in [6.45, 7) is 5.24. The number of nitrogen functional groups attached to an aromatic ring is 1. The zero-order valence-electron chi connectivity index (χ0n) is 10.6. The Balaban J connectivity index is 3.09. The van der Waals surface area contributed by atoms with E-state index in [0.29, 0.717) is 11.4 Å². The van der Waals surface area contributed by atoms with Crippen LogP contribution >= 0.6 is 0 Å². The Morgan fingerprint density at radius 1 is 1.39 bits per heavy atom. The lowest BCUT2D eigenvalue weighted by Gasteiger charge is -2.30. The van der Waals surface area contributed by atoms with Gasteiger partial charge in [0.05, 0.1) is 22.3 Å². The first-order chi connectivity index (χ1) is 8.26. The predicted molar refractivity (Wildman–Crippen MR) is 70.3 cm³/mol. The second-order valence-electron chi connectivity index (χ2n) is 4.69. The minimum Gasteiger partial charge on any atom is -0.391 e. The SMILES string of the molecule is CC(O)C(C)(C)Nc1cc(NN)cc([N+](=O)[O-])c1. The summed E-state index contributed by atoms with van der Waals surface area (Å²) in [6.07, 6.45) is -0.619. The van der Waals surface area contributed by atoms with Gasteiger partial charge in [0.2, 0.25) is 0 Å². The van der Waals surface area contributed by atoms with Crippen molar-refractivity contribution in [2.45, 2.75) is 32.4 Å². The van der Waals surface area contributed by atoms with Crippen LogP contribution < -0.4 is 16.6 Å². The van der Waals surface area contributed by atoms with E-state index in [9.17, 15) is 15.2 Å². The van der Waals surface area contributed by atoms with E-state index in [1.165, 1.54) is 12.1 Å². The monoisotopic (exact) mass is 254 g/mol. The average Bonchev–Trinajstić information content (AvgIpc) is 2.27. The number of nitrogens with two attached hydrogens (primary N) is 1. The van der Waals surface area contributed by atoms with Crippen molar-refractivity contribution in [3.8, 4) is 0 Å². The van der Waals surface area contributed by atoms with Gasteiger partial charge >= 0.3 is 0 Å². The number of hydrogen-bond acceptors (Lipinski definition) is 6. The normalized spacial score (nSPS) is 12.9. The van der Waals surface area contributed by atoms with Gasteiger partial charge in [-0.15, -0.1) is 0 Å². The number of anilines is 2. The lowest BCUT2D eigenvalue weighted by Crippen LogP contribution is -2.41. The number of nitro benzene ring substituents is 1. The molecule has 0 bridgehead atoms. The Hall–Kier alpha value is -1.86. The molecule has 0 amide bonds. The van der Waals surface area contributed by atoms with Crippen molar-refractivity contribution >= 4 is 17.1 Å². The molecular formula is C11H18N4O3. The van der Waals surface area contributed by atoms with Crippen molar-refractivity contribution in [1.82, 2.24) is 0 Å². The second-order valence-corrected chi connectivity index (χ2v) is 4.69. The summed E-state index contributed by atoms with van der Waals surface area (Å²) in [5.74, 6) is 5.26. The Morgan fingerprint density at radius 2 is 1.94 bits per heavy atom. The number of rotatable bonds is 5. The van der Waals surface area contributed by atoms with Crippen LogP contribution in [0.1, 0.15) is 20.8 Å². The molecule has 18 heavy (non-hydrogen) atoms. The summed E-state index contributed by atoms with van der Waals surface area (Å²) in [5.41, 5.74) is 2.63. The molecule has 7 heteroatoms. The van der Waals surface area contributed by atoms with Crippen LogP contribution in [0, 0.1) is 10.1 Å². The van der Waals surface area contributed by atoms with E-state index in [1.807, 2.05) is 0 Å². The van der Waals surface area contributed by atoms with Gasteiger partial charge in [0.15, 0.2) is 0 Å². The third kappa shape index (κ3) is 3.31. The standard InChI is InChI=1S/C11H18N4O3/c1-7(16)11(2,3)13-8-4-9(14-12)6-10(5-8)15(17)18/h4-7,13-14,16H,12H2,1-3H3. The first-order valence-corrected chi connectivity index (χ1v) is 5.48. The average molecular weight is 254 g/mol. The highest BCUT2D eigenvalue weighted by atomic mass is 16.6. The van der Waals surface area contributed by atoms with Crippen LogP contribution in [0.3, 0.4) is 0 Å². The fourth-order valence-corrected chi connectivity index (χ4v) is 1.35. The maximum absolute atomic E-state index is 10.8. The van der Waals surface area contributed by atoms with Gasteiger partial charge < -0.3 is 15.8 Å². The van der Waals surface area contributed by atoms with E-state index in [2.05, 4.69) is 10.7 Å². The molecule has 0 aliphatic heterocycles. The van der Waals surface area contributed by atoms with Crippen molar-refractivity contribution < 1.29 is 10.0 Å². The van der Waals surface area contributed by atoms with E-state index in [-0.39, 0.29) is 5.69 Å². The third-order valence-electron chi connectivity index (χ3n) is 2.81. The highest BCUT2D eigenvalue weighted by molar-refractivity contribution is 5.63. The molecule has 1 unspecified atom stereocenters. The van der Waals surface area contributed by atoms with Crippen LogP contribution in [0.4, 0.5) is 17.1 Å². The minimum atomic E-state index is -0.619. The van der Waals surface area contributed by atoms with Crippen LogP contribution in [0.25, 0.3) is 0 Å². The molecule has 1 rings (SSSR count). The van der Waals surface area contributed by atoms with E-state index >= 15 is 0 Å². The summed E-state index contributed by atoms with van der Waals surface area (Å²) < 4.78 is 0. The second kappa shape index (κ2) is 5.19. The van der Waals surface area contributed by atoms with E-state index in [4.69, 9.17) is 5.84 Å². The number of nitrogens with one attached hydrogen (secondary N) is 2. The lowest BCUT2D eigenvalue weighted by atomic mass is 9.98. The lowest BCUT2D eigenvalue weighted by molar-refractivity contribution is -0.384. The van der Waals surface area contributed by atoms with Crippen molar-refractivity contribution in [2.75, 3.05) is 10.7 Å². The molecule has 0 aliphatic carbocycles. The summed E-state index contributed by atoms with van der Waals surface area (Å²) in [4.78, 5) is 10.3. The van der Waals surface area contributed by atoms with Crippen molar-refractivity contribution in [1.29, 1.82) is 0 Å². The highest BCUT2D eigenvalue weighted by Gasteiger charge is 2.24. The molecule has 0 saturated carbocycles. The Bertz CT molecular complexity index is 446. The number of hydrogen-bond donors (Lipinski definition) is 4. The fourth-order valence-electron chi connectivity index (χ4n) is 1.35. The number of hydrazine groups is 1. The molecule has 7 nitrogen and oxygen atoms in total. The highest BCUT2D eigenvalue weighted by Crippen LogP contribution is 2.26. The first kappa shape index (κ1) is 14.2. The van der Waals surface area contributed by atoms with Crippen molar-refractivity contribution in [2.24, 2.45) is 5.84 Å². The van der Waals surface area contributed by atoms with Gasteiger partial charge in [-0.25, -0.2) is 0 Å². The number of nitrogens with zero attached hydrogens (tertiary/aromatic N) is 1. The zero-order chi connectivity index (χ0) is 13.9. The van der Waals surface area contributed by atoms with Crippen LogP contribution in [0.15, 0.2) is 18.2 Å². The topological polar surface area (TPSA) is 113 Å². The first-order valence-electron chi connectivity index (χ1n) is 5.48. The third-order valence-corrected chi connectivity index (χ3v) is 2.81. The van der Waals surface area contributed by atoms with Gasteiger partial charge in [-0.2, -0.15) is 0 Å². The van der Waals surface area contributed by atoms with Crippen LogP contribution in [-0.4, -0.2) is 21.7 Å². The van der Waals surface area contributed by atoms with Crippen molar-refractivity contribution in [3.05, 3.63) is 28.3 Å². The maximum atomic E-state index is 10.8. The molecule has 0 aliphatic rings.